The number of hydrogen-bond donors (Lipinski definition) is 0. The molecule has 0 radical (unpaired) electrons. The Hall–Kier alpha value is -1.04. The summed E-state index contributed by atoms with van der Waals surface area (Å²) >= 11 is 1.49. The first-order valence-corrected chi connectivity index (χ1v) is 8.26. The third-order valence-corrected chi connectivity index (χ3v) is 4.76. The maximum atomic E-state index is 11.9. The van der Waals surface area contributed by atoms with Gasteiger partial charge in [0.2, 0.25) is 0 Å². The largest absolute Gasteiger partial charge is 0.468 e. The number of esters is 1. The van der Waals surface area contributed by atoms with Gasteiger partial charge in [0.25, 0.3) is 0 Å². The second kappa shape index (κ2) is 7.11. The fourth-order valence-electron chi connectivity index (χ4n) is 2.20. The van der Waals surface area contributed by atoms with E-state index in [1.54, 1.807) is 0 Å². The van der Waals surface area contributed by atoms with Gasteiger partial charge in [0.05, 0.1) is 7.11 Å². The zero-order chi connectivity index (χ0) is 14.5. The number of thioether (sulfide) groups is 1. The molecule has 6 heteroatoms. The van der Waals surface area contributed by atoms with Crippen LogP contribution in [0.2, 0.25) is 0 Å². The number of nitrogens with zero attached hydrogens (tertiary/aromatic N) is 3. The number of methoxy groups -OCH3 is 1. The first kappa shape index (κ1) is 15.4. The Morgan fingerprint density at radius 2 is 2.20 bits per heavy atom. The second-order valence-electron chi connectivity index (χ2n) is 5.13. The van der Waals surface area contributed by atoms with E-state index in [1.165, 1.54) is 31.7 Å². The molecule has 5 nitrogen and oxygen atoms in total. The third-order valence-electron chi connectivity index (χ3n) is 3.54. The summed E-state index contributed by atoms with van der Waals surface area (Å²) in [5.41, 5.74) is 0. The standard InChI is InChI=1S/C14H23N3O2S/c1-4-6-7-11(13(18)19-3)20-14-16-15-12(10-8-9-10)17(14)5-2/h10-11H,4-9H2,1-3H3. The number of carbonyl (C=O) groups is 1. The molecule has 1 aliphatic carbocycles. The Balaban J connectivity index is 2.10. The van der Waals surface area contributed by atoms with Crippen molar-refractivity contribution in [2.75, 3.05) is 7.11 Å². The highest BCUT2D eigenvalue weighted by atomic mass is 32.2. The van der Waals surface area contributed by atoms with Crippen molar-refractivity contribution in [2.24, 2.45) is 0 Å². The van der Waals surface area contributed by atoms with E-state index in [2.05, 4.69) is 28.6 Å². The lowest BCUT2D eigenvalue weighted by molar-refractivity contribution is -0.140. The Bertz CT molecular complexity index is 457. The van der Waals surface area contributed by atoms with Gasteiger partial charge >= 0.3 is 5.97 Å². The lowest BCUT2D eigenvalue weighted by atomic mass is 10.2. The molecule has 1 aliphatic rings. The van der Waals surface area contributed by atoms with Crippen LogP contribution in [0.5, 0.6) is 0 Å². The van der Waals surface area contributed by atoms with Crippen LogP contribution in [0.25, 0.3) is 0 Å². The second-order valence-corrected chi connectivity index (χ2v) is 6.30. The minimum absolute atomic E-state index is 0.165. The zero-order valence-corrected chi connectivity index (χ0v) is 13.3. The molecule has 1 aromatic rings. The number of hydrogen-bond acceptors (Lipinski definition) is 5. The average molecular weight is 297 g/mol. The Morgan fingerprint density at radius 1 is 1.45 bits per heavy atom. The summed E-state index contributed by atoms with van der Waals surface area (Å²) < 4.78 is 7.05. The van der Waals surface area contributed by atoms with Crippen molar-refractivity contribution in [1.29, 1.82) is 0 Å². The fraction of sp³-hybridized carbons (Fsp3) is 0.786. The smallest absolute Gasteiger partial charge is 0.319 e. The van der Waals surface area contributed by atoms with Crippen molar-refractivity contribution < 1.29 is 9.53 Å². The minimum atomic E-state index is -0.179. The van der Waals surface area contributed by atoms with Crippen LogP contribution < -0.4 is 0 Å². The molecule has 1 atom stereocenters. The summed E-state index contributed by atoms with van der Waals surface area (Å²) in [6.07, 6.45) is 5.33. The van der Waals surface area contributed by atoms with Crippen molar-refractivity contribution in [1.82, 2.24) is 14.8 Å². The van der Waals surface area contributed by atoms with Crippen LogP contribution in [-0.2, 0) is 16.1 Å². The summed E-state index contributed by atoms with van der Waals surface area (Å²) in [5, 5.41) is 9.26. The molecule has 20 heavy (non-hydrogen) atoms. The highest BCUT2D eigenvalue weighted by molar-refractivity contribution is 8.00. The minimum Gasteiger partial charge on any atom is -0.468 e. The highest BCUT2D eigenvalue weighted by Gasteiger charge is 2.31. The molecule has 0 spiro atoms. The number of carbonyl (C=O) groups excluding carboxylic acids is 1. The molecule has 0 amide bonds. The maximum absolute atomic E-state index is 11.9. The molecular formula is C14H23N3O2S. The van der Waals surface area contributed by atoms with E-state index >= 15 is 0 Å². The number of unbranched alkanes of at least 4 members (excludes halogenated alkanes) is 1. The van der Waals surface area contributed by atoms with E-state index in [1.807, 2.05) is 0 Å². The summed E-state index contributed by atoms with van der Waals surface area (Å²) in [5.74, 6) is 1.49. The lowest BCUT2D eigenvalue weighted by Crippen LogP contribution is -2.19. The first-order valence-electron chi connectivity index (χ1n) is 7.38. The zero-order valence-electron chi connectivity index (χ0n) is 12.5. The van der Waals surface area contributed by atoms with Crippen molar-refractivity contribution in [3.63, 3.8) is 0 Å². The van der Waals surface area contributed by atoms with Gasteiger partial charge in [0.15, 0.2) is 5.16 Å². The molecule has 0 saturated heterocycles. The molecule has 2 rings (SSSR count). The third kappa shape index (κ3) is 3.53. The summed E-state index contributed by atoms with van der Waals surface area (Å²) in [6.45, 7) is 5.07. The van der Waals surface area contributed by atoms with Crippen LogP contribution >= 0.6 is 11.8 Å². The van der Waals surface area contributed by atoms with E-state index in [4.69, 9.17) is 4.74 Å². The molecule has 1 unspecified atom stereocenters. The molecule has 112 valence electrons. The van der Waals surface area contributed by atoms with Crippen LogP contribution in [0.1, 0.15) is 57.7 Å². The highest BCUT2D eigenvalue weighted by Crippen LogP contribution is 2.40. The van der Waals surface area contributed by atoms with E-state index < -0.39 is 0 Å². The van der Waals surface area contributed by atoms with Crippen LogP contribution in [0, 0.1) is 0 Å². The van der Waals surface area contributed by atoms with Gasteiger partial charge in [-0.15, -0.1) is 10.2 Å². The monoisotopic (exact) mass is 297 g/mol. The van der Waals surface area contributed by atoms with Gasteiger partial charge < -0.3 is 9.30 Å². The molecule has 0 N–H and O–H groups in total. The summed E-state index contributed by atoms with van der Waals surface area (Å²) in [7, 11) is 1.45. The molecule has 0 aromatic carbocycles. The van der Waals surface area contributed by atoms with Gasteiger partial charge in [0, 0.05) is 12.5 Å². The average Bonchev–Trinajstić information content (AvgIpc) is 3.23. The predicted octanol–water partition coefficient (Wildman–Crippen LogP) is 3.00. The number of ether oxygens (including phenoxy) is 1. The first-order chi connectivity index (χ1) is 9.71. The van der Waals surface area contributed by atoms with Crippen LogP contribution in [0.3, 0.4) is 0 Å². The SMILES string of the molecule is CCCCC(Sc1nnc(C2CC2)n1CC)C(=O)OC. The Kier molecular flexibility index (Phi) is 5.46. The maximum Gasteiger partial charge on any atom is 0.319 e. The fourth-order valence-corrected chi connectivity index (χ4v) is 3.37. The van der Waals surface area contributed by atoms with Crippen LogP contribution in [0.4, 0.5) is 0 Å². The molecule has 1 fully saturated rings. The summed E-state index contributed by atoms with van der Waals surface area (Å²) in [6, 6.07) is 0. The molecule has 1 saturated carbocycles. The quantitative estimate of drug-likeness (QED) is 0.545. The van der Waals surface area contributed by atoms with Crippen molar-refractivity contribution in [3.05, 3.63) is 5.82 Å². The van der Waals surface area contributed by atoms with Crippen molar-refractivity contribution in [3.8, 4) is 0 Å². The molecule has 1 aromatic heterocycles. The van der Waals surface area contributed by atoms with E-state index in [0.29, 0.717) is 5.92 Å². The van der Waals surface area contributed by atoms with Gasteiger partial charge in [-0.2, -0.15) is 0 Å². The van der Waals surface area contributed by atoms with Crippen LogP contribution in [-0.4, -0.2) is 33.1 Å². The van der Waals surface area contributed by atoms with Gasteiger partial charge in [-0.1, -0.05) is 31.5 Å². The topological polar surface area (TPSA) is 57.0 Å². The van der Waals surface area contributed by atoms with Crippen molar-refractivity contribution >= 4 is 17.7 Å². The summed E-state index contributed by atoms with van der Waals surface area (Å²) in [4.78, 5) is 11.9. The van der Waals surface area contributed by atoms with E-state index in [-0.39, 0.29) is 11.2 Å². The molecule has 0 bridgehead atoms. The van der Waals surface area contributed by atoms with E-state index in [9.17, 15) is 4.79 Å². The molecule has 1 heterocycles. The van der Waals surface area contributed by atoms with E-state index in [0.717, 1.165) is 36.8 Å². The van der Waals surface area contributed by atoms with Gasteiger partial charge in [-0.05, 0) is 26.2 Å². The number of rotatable bonds is 8. The van der Waals surface area contributed by atoms with Crippen molar-refractivity contribution in [2.45, 2.75) is 68.8 Å². The van der Waals surface area contributed by atoms with Gasteiger partial charge in [-0.3, -0.25) is 4.79 Å². The van der Waals surface area contributed by atoms with Gasteiger partial charge in [-0.25, -0.2) is 0 Å². The lowest BCUT2D eigenvalue weighted by Gasteiger charge is -2.14. The molecule has 0 aliphatic heterocycles. The Labute approximate surface area is 124 Å². The Morgan fingerprint density at radius 3 is 2.75 bits per heavy atom. The molecular weight excluding hydrogens is 274 g/mol. The van der Waals surface area contributed by atoms with Crippen LogP contribution in [0.15, 0.2) is 5.16 Å². The predicted molar refractivity (Wildman–Crippen MR) is 78.9 cm³/mol. The number of aromatic nitrogens is 3. The normalized spacial score (nSPS) is 16.1. The van der Waals surface area contributed by atoms with Gasteiger partial charge in [0.1, 0.15) is 11.1 Å².